The average molecular weight is 399 g/mol. The topological polar surface area (TPSA) is 85.3 Å². The molecule has 3 atom stereocenters. The van der Waals surface area contributed by atoms with Gasteiger partial charge in [0.1, 0.15) is 17.4 Å². The fourth-order valence-electron chi connectivity index (χ4n) is 3.62. The first-order chi connectivity index (χ1) is 13.9. The molecule has 0 unspecified atom stereocenters. The van der Waals surface area contributed by atoms with Gasteiger partial charge < -0.3 is 19.3 Å². The summed E-state index contributed by atoms with van der Waals surface area (Å²) in [5, 5.41) is 10.0. The largest absolute Gasteiger partial charge is 0.497 e. The van der Waals surface area contributed by atoms with E-state index in [4.69, 9.17) is 14.2 Å². The van der Waals surface area contributed by atoms with Crippen LogP contribution < -0.4 is 9.47 Å². The SMILES string of the molecule is COc1ccc(C(c2ccc(OC)cc2)N2C(=O)[C@@H]([C@@H](C)O)[C@@H]2OC(C)=O)cc1. The number of hydrogen-bond donors (Lipinski definition) is 1. The summed E-state index contributed by atoms with van der Waals surface area (Å²) in [6, 6.07) is 14.2. The highest BCUT2D eigenvalue weighted by Crippen LogP contribution is 2.42. The summed E-state index contributed by atoms with van der Waals surface area (Å²) in [4.78, 5) is 26.1. The van der Waals surface area contributed by atoms with Crippen LogP contribution in [-0.4, -0.2) is 48.4 Å². The second-order valence-electron chi connectivity index (χ2n) is 6.96. The van der Waals surface area contributed by atoms with Crippen molar-refractivity contribution in [3.63, 3.8) is 0 Å². The van der Waals surface area contributed by atoms with E-state index >= 15 is 0 Å². The lowest BCUT2D eigenvalue weighted by Gasteiger charge is -2.50. The second kappa shape index (κ2) is 8.53. The molecule has 3 rings (SSSR count). The van der Waals surface area contributed by atoms with Crippen molar-refractivity contribution in [3.05, 3.63) is 59.7 Å². The standard InChI is InChI=1S/C22H25NO6/c1-13(24)19-21(26)23(22(19)29-14(2)25)20(15-5-9-17(27-3)10-6-15)16-7-11-18(28-4)12-8-16/h5-13,19-20,22,24H,1-4H3/t13-,19-,22+/m1/s1. The van der Waals surface area contributed by atoms with Gasteiger partial charge in [-0.2, -0.15) is 0 Å². The quantitative estimate of drug-likeness (QED) is 0.569. The fraction of sp³-hybridized carbons (Fsp3) is 0.364. The number of nitrogens with zero attached hydrogens (tertiary/aromatic N) is 1. The van der Waals surface area contributed by atoms with Crippen molar-refractivity contribution in [2.45, 2.75) is 32.2 Å². The van der Waals surface area contributed by atoms with Crippen LogP contribution in [0.1, 0.15) is 31.0 Å². The first-order valence-electron chi connectivity index (χ1n) is 9.32. The van der Waals surface area contributed by atoms with Gasteiger partial charge in [-0.25, -0.2) is 0 Å². The average Bonchev–Trinajstić information content (AvgIpc) is 2.71. The molecule has 0 radical (unpaired) electrons. The van der Waals surface area contributed by atoms with E-state index in [1.807, 2.05) is 48.5 Å². The molecule has 2 aromatic carbocycles. The van der Waals surface area contributed by atoms with E-state index in [0.29, 0.717) is 11.5 Å². The molecule has 1 fully saturated rings. The van der Waals surface area contributed by atoms with Gasteiger partial charge in [0.2, 0.25) is 5.91 Å². The van der Waals surface area contributed by atoms with Crippen molar-refractivity contribution in [1.29, 1.82) is 0 Å². The Kier molecular flexibility index (Phi) is 6.08. The van der Waals surface area contributed by atoms with Gasteiger partial charge in [0.15, 0.2) is 6.23 Å². The van der Waals surface area contributed by atoms with E-state index < -0.39 is 30.3 Å². The maximum Gasteiger partial charge on any atom is 0.304 e. The zero-order chi connectivity index (χ0) is 21.1. The van der Waals surface area contributed by atoms with Gasteiger partial charge in [-0.05, 0) is 42.3 Å². The molecule has 1 saturated heterocycles. The molecule has 1 N–H and O–H groups in total. The van der Waals surface area contributed by atoms with E-state index in [-0.39, 0.29) is 5.91 Å². The summed E-state index contributed by atoms with van der Waals surface area (Å²) in [5.41, 5.74) is 1.65. The van der Waals surface area contributed by atoms with Crippen molar-refractivity contribution in [2.75, 3.05) is 14.2 Å². The summed E-state index contributed by atoms with van der Waals surface area (Å²) in [7, 11) is 3.16. The number of carbonyl (C=O) groups is 2. The maximum absolute atomic E-state index is 13.0. The smallest absolute Gasteiger partial charge is 0.304 e. The van der Waals surface area contributed by atoms with Crippen LogP contribution in [0.5, 0.6) is 11.5 Å². The normalized spacial score (nSPS) is 19.5. The molecular formula is C22H25NO6. The van der Waals surface area contributed by atoms with Crippen molar-refractivity contribution in [3.8, 4) is 11.5 Å². The van der Waals surface area contributed by atoms with Crippen LogP contribution in [-0.2, 0) is 14.3 Å². The zero-order valence-electron chi connectivity index (χ0n) is 16.9. The Bertz CT molecular complexity index is 814. The fourth-order valence-corrected chi connectivity index (χ4v) is 3.62. The van der Waals surface area contributed by atoms with Crippen LogP contribution >= 0.6 is 0 Å². The molecule has 1 amide bonds. The van der Waals surface area contributed by atoms with Crippen LogP contribution in [0.4, 0.5) is 0 Å². The Morgan fingerprint density at radius 3 is 1.76 bits per heavy atom. The van der Waals surface area contributed by atoms with E-state index in [9.17, 15) is 14.7 Å². The van der Waals surface area contributed by atoms with Gasteiger partial charge in [-0.15, -0.1) is 0 Å². The number of esters is 1. The van der Waals surface area contributed by atoms with Crippen molar-refractivity contribution < 1.29 is 28.9 Å². The minimum Gasteiger partial charge on any atom is -0.497 e. The molecule has 154 valence electrons. The molecule has 0 spiro atoms. The first-order valence-corrected chi connectivity index (χ1v) is 9.32. The summed E-state index contributed by atoms with van der Waals surface area (Å²) in [6.07, 6.45) is -1.79. The number of hydrogen-bond acceptors (Lipinski definition) is 6. The number of ether oxygens (including phenoxy) is 3. The highest BCUT2D eigenvalue weighted by molar-refractivity contribution is 5.88. The van der Waals surface area contributed by atoms with Crippen LogP contribution in [0.2, 0.25) is 0 Å². The first kappa shape index (κ1) is 20.7. The highest BCUT2D eigenvalue weighted by atomic mass is 16.6. The molecule has 1 aliphatic heterocycles. The Balaban J connectivity index is 2.05. The number of rotatable bonds is 7. The number of β-lactam (4-membered cyclic amide) rings is 1. The molecule has 1 heterocycles. The molecule has 7 heteroatoms. The van der Waals surface area contributed by atoms with Gasteiger partial charge >= 0.3 is 5.97 Å². The van der Waals surface area contributed by atoms with Gasteiger partial charge in [0.05, 0.1) is 26.4 Å². The lowest BCUT2D eigenvalue weighted by molar-refractivity contribution is -0.211. The zero-order valence-corrected chi connectivity index (χ0v) is 16.9. The summed E-state index contributed by atoms with van der Waals surface area (Å²) < 4.78 is 15.9. The van der Waals surface area contributed by atoms with E-state index in [1.165, 1.54) is 18.7 Å². The molecule has 2 aromatic rings. The molecule has 7 nitrogen and oxygen atoms in total. The molecule has 0 aliphatic carbocycles. The molecule has 0 bridgehead atoms. The predicted octanol–water partition coefficient (Wildman–Crippen LogP) is 2.52. The van der Waals surface area contributed by atoms with Crippen molar-refractivity contribution >= 4 is 11.9 Å². The maximum atomic E-state index is 13.0. The van der Waals surface area contributed by atoms with Crippen LogP contribution in [0, 0.1) is 5.92 Å². The summed E-state index contributed by atoms with van der Waals surface area (Å²) in [6.45, 7) is 2.81. The third-order valence-corrected chi connectivity index (χ3v) is 5.07. The number of methoxy groups -OCH3 is 2. The Morgan fingerprint density at radius 1 is 0.966 bits per heavy atom. The van der Waals surface area contributed by atoms with Gasteiger partial charge in [0, 0.05) is 6.92 Å². The van der Waals surface area contributed by atoms with Crippen LogP contribution in [0.25, 0.3) is 0 Å². The number of aliphatic hydroxyl groups is 1. The van der Waals surface area contributed by atoms with E-state index in [1.54, 1.807) is 14.2 Å². The highest BCUT2D eigenvalue weighted by Gasteiger charge is 2.55. The van der Waals surface area contributed by atoms with Gasteiger partial charge in [-0.1, -0.05) is 24.3 Å². The minimum atomic E-state index is -0.935. The third-order valence-electron chi connectivity index (χ3n) is 5.07. The Hall–Kier alpha value is -3.06. The minimum absolute atomic E-state index is 0.275. The lowest BCUT2D eigenvalue weighted by Crippen LogP contribution is -2.66. The number of aliphatic hydroxyl groups excluding tert-OH is 1. The number of carbonyl (C=O) groups excluding carboxylic acids is 2. The molecule has 1 aliphatic rings. The van der Waals surface area contributed by atoms with Crippen molar-refractivity contribution in [1.82, 2.24) is 4.90 Å². The lowest BCUT2D eigenvalue weighted by atomic mass is 9.85. The number of amides is 1. The molecule has 29 heavy (non-hydrogen) atoms. The summed E-state index contributed by atoms with van der Waals surface area (Å²) in [5.74, 6) is -0.201. The Labute approximate surface area is 169 Å². The Morgan fingerprint density at radius 2 is 1.41 bits per heavy atom. The van der Waals surface area contributed by atoms with E-state index in [2.05, 4.69) is 0 Å². The van der Waals surface area contributed by atoms with Crippen LogP contribution in [0.3, 0.4) is 0 Å². The molecule has 0 saturated carbocycles. The molecular weight excluding hydrogens is 374 g/mol. The van der Waals surface area contributed by atoms with E-state index in [0.717, 1.165) is 11.1 Å². The number of benzene rings is 2. The van der Waals surface area contributed by atoms with Gasteiger partial charge in [0.25, 0.3) is 0 Å². The second-order valence-corrected chi connectivity index (χ2v) is 6.96. The summed E-state index contributed by atoms with van der Waals surface area (Å²) >= 11 is 0. The molecule has 0 aromatic heterocycles. The number of likely N-dealkylation sites (tertiary alicyclic amines) is 1. The monoisotopic (exact) mass is 399 g/mol. The third kappa shape index (κ3) is 4.05. The van der Waals surface area contributed by atoms with Gasteiger partial charge in [-0.3, -0.25) is 14.5 Å². The van der Waals surface area contributed by atoms with Crippen LogP contribution in [0.15, 0.2) is 48.5 Å². The predicted molar refractivity (Wildman–Crippen MR) is 105 cm³/mol. The van der Waals surface area contributed by atoms with Crippen molar-refractivity contribution in [2.24, 2.45) is 5.92 Å².